The zero-order valence-electron chi connectivity index (χ0n) is 10.2. The zero-order chi connectivity index (χ0) is 13.2. The Morgan fingerprint density at radius 2 is 1.89 bits per heavy atom. The smallest absolute Gasteiger partial charge is 0.241 e. The van der Waals surface area contributed by atoms with Gasteiger partial charge in [-0.05, 0) is 29.8 Å². The molecule has 1 atom stereocenters. The summed E-state index contributed by atoms with van der Waals surface area (Å²) in [5.74, 6) is -0.344. The highest BCUT2D eigenvalue weighted by Gasteiger charge is 2.31. The molecule has 1 amide bonds. The molecule has 3 nitrogen and oxygen atoms in total. The Morgan fingerprint density at radius 1 is 1.11 bits per heavy atom. The number of carbonyl (C=O) groups excluding carboxylic acids is 1. The molecule has 1 aliphatic rings. The second-order valence-electron chi connectivity index (χ2n) is 4.52. The van der Waals surface area contributed by atoms with Crippen molar-refractivity contribution in [2.45, 2.75) is 12.5 Å². The maximum Gasteiger partial charge on any atom is 0.241 e. The van der Waals surface area contributed by atoms with E-state index in [0.29, 0.717) is 6.42 Å². The monoisotopic (exact) mass is 256 g/mol. The van der Waals surface area contributed by atoms with Crippen LogP contribution in [0.2, 0.25) is 0 Å². The molecule has 1 N–H and O–H groups in total. The molecule has 96 valence electrons. The first-order chi connectivity index (χ1) is 9.24. The molecule has 0 bridgehead atoms. The fourth-order valence-corrected chi connectivity index (χ4v) is 2.34. The van der Waals surface area contributed by atoms with Gasteiger partial charge in [0, 0.05) is 0 Å². The largest absolute Gasteiger partial charge is 0.278 e. The van der Waals surface area contributed by atoms with E-state index < -0.39 is 0 Å². The lowest BCUT2D eigenvalue weighted by Gasteiger charge is -2.25. The Bertz CT molecular complexity index is 600. The molecule has 1 fully saturated rings. The van der Waals surface area contributed by atoms with Crippen molar-refractivity contribution in [2.24, 2.45) is 0 Å². The normalized spacial score (nSPS) is 18.5. The van der Waals surface area contributed by atoms with Crippen LogP contribution in [0.5, 0.6) is 0 Å². The van der Waals surface area contributed by atoms with Crippen molar-refractivity contribution in [3.8, 4) is 0 Å². The van der Waals surface area contributed by atoms with Crippen LogP contribution < -0.4 is 10.4 Å². The highest BCUT2D eigenvalue weighted by Crippen LogP contribution is 2.32. The van der Waals surface area contributed by atoms with Crippen LogP contribution in [0.3, 0.4) is 0 Å². The first kappa shape index (κ1) is 11.7. The quantitative estimate of drug-likeness (QED) is 0.896. The van der Waals surface area contributed by atoms with Gasteiger partial charge in [-0.1, -0.05) is 30.3 Å². The predicted molar refractivity (Wildman–Crippen MR) is 70.8 cm³/mol. The second-order valence-corrected chi connectivity index (χ2v) is 4.52. The van der Waals surface area contributed by atoms with Crippen LogP contribution >= 0.6 is 0 Å². The van der Waals surface area contributed by atoms with Crippen LogP contribution in [0, 0.1) is 5.82 Å². The van der Waals surface area contributed by atoms with Crippen molar-refractivity contribution in [2.75, 3.05) is 5.01 Å². The van der Waals surface area contributed by atoms with Crippen molar-refractivity contribution in [1.29, 1.82) is 0 Å². The van der Waals surface area contributed by atoms with Gasteiger partial charge in [-0.15, -0.1) is 0 Å². The third-order valence-electron chi connectivity index (χ3n) is 3.20. The van der Waals surface area contributed by atoms with Crippen LogP contribution in [-0.4, -0.2) is 5.91 Å². The van der Waals surface area contributed by atoms with Crippen molar-refractivity contribution in [1.82, 2.24) is 5.43 Å². The van der Waals surface area contributed by atoms with E-state index in [0.717, 1.165) is 11.3 Å². The Balaban J connectivity index is 1.97. The second kappa shape index (κ2) is 4.72. The van der Waals surface area contributed by atoms with Gasteiger partial charge < -0.3 is 0 Å². The van der Waals surface area contributed by atoms with E-state index in [4.69, 9.17) is 0 Å². The summed E-state index contributed by atoms with van der Waals surface area (Å²) in [7, 11) is 0. The Hall–Kier alpha value is -2.36. The van der Waals surface area contributed by atoms with E-state index in [1.165, 1.54) is 12.1 Å². The van der Waals surface area contributed by atoms with Gasteiger partial charge in [-0.3, -0.25) is 15.2 Å². The first-order valence-corrected chi connectivity index (χ1v) is 6.13. The molecule has 0 aliphatic carbocycles. The fourth-order valence-electron chi connectivity index (χ4n) is 2.34. The minimum Gasteiger partial charge on any atom is -0.278 e. The van der Waals surface area contributed by atoms with Crippen LogP contribution in [-0.2, 0) is 4.79 Å². The topological polar surface area (TPSA) is 32.3 Å². The van der Waals surface area contributed by atoms with E-state index in [1.807, 2.05) is 36.4 Å². The third kappa shape index (κ3) is 2.29. The number of hydrogen-bond donors (Lipinski definition) is 1. The number of para-hydroxylation sites is 1. The lowest BCUT2D eigenvalue weighted by atomic mass is 10.0. The average Bonchev–Trinajstić information content (AvgIpc) is 2.82. The summed E-state index contributed by atoms with van der Waals surface area (Å²) in [5, 5.41) is 1.79. The van der Waals surface area contributed by atoms with Gasteiger partial charge in [0.2, 0.25) is 5.91 Å². The summed E-state index contributed by atoms with van der Waals surface area (Å²) in [5.41, 5.74) is 4.50. The zero-order valence-corrected chi connectivity index (χ0v) is 10.2. The van der Waals surface area contributed by atoms with Crippen LogP contribution in [0.1, 0.15) is 18.0 Å². The number of nitrogens with zero attached hydrogens (tertiary/aromatic N) is 1. The molecule has 0 unspecified atom stereocenters. The standard InChI is InChI=1S/C15H13FN2O/c16-12-6-4-5-11(9-12)14-10-15(19)17-18(14)13-7-2-1-3-8-13/h1-9,14H,10H2,(H,17,19)/t14-/m0/s1. The average molecular weight is 256 g/mol. The molecule has 0 radical (unpaired) electrons. The van der Waals surface area contributed by atoms with E-state index in [1.54, 1.807) is 11.1 Å². The van der Waals surface area contributed by atoms with E-state index >= 15 is 0 Å². The van der Waals surface area contributed by atoms with E-state index in [9.17, 15) is 9.18 Å². The van der Waals surface area contributed by atoms with Crippen molar-refractivity contribution >= 4 is 11.6 Å². The number of amides is 1. The minimum atomic E-state index is -0.287. The van der Waals surface area contributed by atoms with Gasteiger partial charge in [0.05, 0.1) is 18.2 Å². The number of carbonyl (C=O) groups is 1. The van der Waals surface area contributed by atoms with Gasteiger partial charge in [0.25, 0.3) is 0 Å². The van der Waals surface area contributed by atoms with Crippen LogP contribution in [0.15, 0.2) is 54.6 Å². The van der Waals surface area contributed by atoms with Crippen LogP contribution in [0.4, 0.5) is 10.1 Å². The van der Waals surface area contributed by atoms with Crippen LogP contribution in [0.25, 0.3) is 0 Å². The first-order valence-electron chi connectivity index (χ1n) is 6.13. The van der Waals surface area contributed by atoms with Gasteiger partial charge in [0.1, 0.15) is 5.82 Å². The molecule has 2 aromatic carbocycles. The van der Waals surface area contributed by atoms with Crippen molar-refractivity contribution in [3.05, 3.63) is 66.0 Å². The summed E-state index contributed by atoms with van der Waals surface area (Å²) in [6.07, 6.45) is 0.332. The lowest BCUT2D eigenvalue weighted by molar-refractivity contribution is -0.119. The highest BCUT2D eigenvalue weighted by atomic mass is 19.1. The molecular weight excluding hydrogens is 243 g/mol. The third-order valence-corrected chi connectivity index (χ3v) is 3.20. The molecule has 1 aliphatic heterocycles. The molecule has 4 heteroatoms. The number of nitrogens with one attached hydrogen (secondary N) is 1. The fraction of sp³-hybridized carbons (Fsp3) is 0.133. The molecule has 1 heterocycles. The predicted octanol–water partition coefficient (Wildman–Crippen LogP) is 2.81. The van der Waals surface area contributed by atoms with Crippen molar-refractivity contribution in [3.63, 3.8) is 0 Å². The van der Waals surface area contributed by atoms with Gasteiger partial charge >= 0.3 is 0 Å². The summed E-state index contributed by atoms with van der Waals surface area (Å²) >= 11 is 0. The molecule has 0 saturated carbocycles. The number of halogens is 1. The molecule has 3 rings (SSSR count). The van der Waals surface area contributed by atoms with Gasteiger partial charge in [0.15, 0.2) is 0 Å². The Morgan fingerprint density at radius 3 is 2.63 bits per heavy atom. The van der Waals surface area contributed by atoms with Gasteiger partial charge in [-0.25, -0.2) is 4.39 Å². The molecule has 19 heavy (non-hydrogen) atoms. The Kier molecular flexibility index (Phi) is 2.91. The molecule has 2 aromatic rings. The van der Waals surface area contributed by atoms with Crippen molar-refractivity contribution < 1.29 is 9.18 Å². The summed E-state index contributed by atoms with van der Waals surface area (Å²) in [6.45, 7) is 0. The SMILES string of the molecule is O=C1C[C@@H](c2cccc(F)c2)N(c2ccccc2)N1. The molecule has 1 saturated heterocycles. The molecular formula is C15H13FN2O. The number of benzene rings is 2. The maximum absolute atomic E-state index is 13.3. The summed E-state index contributed by atoms with van der Waals surface area (Å²) < 4.78 is 13.3. The van der Waals surface area contributed by atoms with E-state index in [-0.39, 0.29) is 17.8 Å². The number of anilines is 1. The van der Waals surface area contributed by atoms with E-state index in [2.05, 4.69) is 5.43 Å². The number of hydrogen-bond acceptors (Lipinski definition) is 2. The lowest BCUT2D eigenvalue weighted by Crippen LogP contribution is -2.34. The highest BCUT2D eigenvalue weighted by molar-refractivity contribution is 5.83. The number of hydrazine groups is 1. The Labute approximate surface area is 110 Å². The summed E-state index contributed by atoms with van der Waals surface area (Å²) in [4.78, 5) is 11.6. The number of rotatable bonds is 2. The minimum absolute atomic E-state index is 0.0573. The summed E-state index contributed by atoms with van der Waals surface area (Å²) in [6, 6.07) is 15.8. The molecule has 0 spiro atoms. The maximum atomic E-state index is 13.3. The molecule has 0 aromatic heterocycles. The van der Waals surface area contributed by atoms with Gasteiger partial charge in [-0.2, -0.15) is 0 Å².